The molecule has 0 atom stereocenters. The van der Waals surface area contributed by atoms with Crippen molar-refractivity contribution in [2.75, 3.05) is 6.61 Å². The third-order valence-corrected chi connectivity index (χ3v) is 3.30. The van der Waals surface area contributed by atoms with E-state index in [-0.39, 0.29) is 6.61 Å². The molecule has 0 unspecified atom stereocenters. The minimum atomic E-state index is -0.480. The molecule has 6 nitrogen and oxygen atoms in total. The van der Waals surface area contributed by atoms with Crippen molar-refractivity contribution in [2.45, 2.75) is 13.0 Å². The normalized spacial score (nSPS) is 10.5. The van der Waals surface area contributed by atoms with Crippen LogP contribution in [0.15, 0.2) is 54.6 Å². The molecule has 0 N–H and O–H groups in total. The van der Waals surface area contributed by atoms with Gasteiger partial charge in [-0.2, -0.15) is 4.80 Å². The number of nitrogens with zero attached hydrogens (tertiary/aromatic N) is 4. The van der Waals surface area contributed by atoms with Crippen molar-refractivity contribution in [1.29, 1.82) is 0 Å². The molecule has 0 bridgehead atoms. The Kier molecular flexibility index (Phi) is 4.90. The Bertz CT molecular complexity index is 803. The number of halogens is 1. The van der Waals surface area contributed by atoms with E-state index in [0.717, 1.165) is 5.56 Å². The number of hydrogen-bond acceptors (Lipinski definition) is 5. The van der Waals surface area contributed by atoms with Crippen molar-refractivity contribution in [3.8, 4) is 11.4 Å². The number of ether oxygens (including phenoxy) is 1. The number of aryl methyl sites for hydroxylation is 1. The first-order chi connectivity index (χ1) is 11.7. The standard InChI is InChI=1S/C17H15FN4O2/c18-15-9-7-14(8-10-15)17(23)24-12-4-11-22-20-16(19-21-22)13-5-2-1-3-6-13/h1-3,5-10H,4,11-12H2. The third-order valence-electron chi connectivity index (χ3n) is 3.30. The molecule has 1 heterocycles. The topological polar surface area (TPSA) is 69.9 Å². The van der Waals surface area contributed by atoms with Gasteiger partial charge in [-0.1, -0.05) is 30.3 Å². The maximum atomic E-state index is 12.8. The number of carbonyl (C=O) groups is 1. The number of benzene rings is 2. The zero-order valence-electron chi connectivity index (χ0n) is 12.8. The Labute approximate surface area is 137 Å². The molecule has 0 fully saturated rings. The van der Waals surface area contributed by atoms with E-state index in [1.807, 2.05) is 30.3 Å². The molecule has 24 heavy (non-hydrogen) atoms. The SMILES string of the molecule is O=C(OCCCn1nnc(-c2ccccc2)n1)c1ccc(F)cc1. The summed E-state index contributed by atoms with van der Waals surface area (Å²) in [6, 6.07) is 14.8. The molecule has 1 aromatic heterocycles. The summed E-state index contributed by atoms with van der Waals surface area (Å²) in [5.41, 5.74) is 1.22. The molecule has 7 heteroatoms. The van der Waals surface area contributed by atoms with Crippen molar-refractivity contribution in [1.82, 2.24) is 20.2 Å². The van der Waals surface area contributed by atoms with E-state index in [2.05, 4.69) is 15.4 Å². The van der Waals surface area contributed by atoms with Crippen molar-refractivity contribution >= 4 is 5.97 Å². The molecule has 0 aliphatic rings. The van der Waals surface area contributed by atoms with Crippen LogP contribution in [-0.4, -0.2) is 32.8 Å². The minimum Gasteiger partial charge on any atom is -0.462 e. The summed E-state index contributed by atoms with van der Waals surface area (Å²) in [6.45, 7) is 0.703. The highest BCUT2D eigenvalue weighted by Crippen LogP contribution is 2.11. The van der Waals surface area contributed by atoms with Gasteiger partial charge < -0.3 is 4.74 Å². The fourth-order valence-corrected chi connectivity index (χ4v) is 2.08. The number of tetrazole rings is 1. The summed E-state index contributed by atoms with van der Waals surface area (Å²) in [4.78, 5) is 13.2. The molecule has 0 saturated heterocycles. The second-order valence-electron chi connectivity index (χ2n) is 5.07. The van der Waals surface area contributed by atoms with Gasteiger partial charge in [0.2, 0.25) is 5.82 Å². The molecule has 0 saturated carbocycles. The summed E-state index contributed by atoms with van der Waals surface area (Å²) in [5, 5.41) is 12.2. The maximum Gasteiger partial charge on any atom is 0.338 e. The average molecular weight is 326 g/mol. The van der Waals surface area contributed by atoms with E-state index >= 15 is 0 Å². The first-order valence-corrected chi connectivity index (χ1v) is 7.48. The highest BCUT2D eigenvalue weighted by molar-refractivity contribution is 5.89. The number of carbonyl (C=O) groups excluding carboxylic acids is 1. The second-order valence-corrected chi connectivity index (χ2v) is 5.07. The van der Waals surface area contributed by atoms with E-state index in [4.69, 9.17) is 4.74 Å². The lowest BCUT2D eigenvalue weighted by molar-refractivity contribution is 0.0493. The minimum absolute atomic E-state index is 0.221. The Balaban J connectivity index is 1.46. The lowest BCUT2D eigenvalue weighted by atomic mass is 10.2. The van der Waals surface area contributed by atoms with Gasteiger partial charge in [0.15, 0.2) is 0 Å². The molecule has 3 aromatic rings. The van der Waals surface area contributed by atoms with Gasteiger partial charge in [0, 0.05) is 12.0 Å². The molecule has 0 radical (unpaired) electrons. The Morgan fingerprint density at radius 2 is 1.83 bits per heavy atom. The molecule has 0 aliphatic carbocycles. The molecular formula is C17H15FN4O2. The van der Waals surface area contributed by atoms with Crippen LogP contribution in [0.2, 0.25) is 0 Å². The van der Waals surface area contributed by atoms with Gasteiger partial charge in [-0.3, -0.25) is 0 Å². The highest BCUT2D eigenvalue weighted by atomic mass is 19.1. The largest absolute Gasteiger partial charge is 0.462 e. The van der Waals surface area contributed by atoms with E-state index in [9.17, 15) is 9.18 Å². The molecular weight excluding hydrogens is 311 g/mol. The predicted molar refractivity (Wildman–Crippen MR) is 84.6 cm³/mol. The molecule has 122 valence electrons. The van der Waals surface area contributed by atoms with Crippen LogP contribution in [0.1, 0.15) is 16.8 Å². The fourth-order valence-electron chi connectivity index (χ4n) is 2.08. The van der Waals surface area contributed by atoms with Crippen LogP contribution < -0.4 is 0 Å². The lowest BCUT2D eigenvalue weighted by Crippen LogP contribution is -2.10. The molecule has 2 aromatic carbocycles. The molecule has 0 aliphatic heterocycles. The number of rotatable bonds is 6. The van der Waals surface area contributed by atoms with Gasteiger partial charge in [-0.05, 0) is 29.5 Å². The van der Waals surface area contributed by atoms with Crippen LogP contribution in [0.4, 0.5) is 4.39 Å². The van der Waals surface area contributed by atoms with Crippen LogP contribution in [0.5, 0.6) is 0 Å². The lowest BCUT2D eigenvalue weighted by Gasteiger charge is -2.04. The second kappa shape index (κ2) is 7.45. The molecule has 3 rings (SSSR count). The van der Waals surface area contributed by atoms with Crippen LogP contribution >= 0.6 is 0 Å². The first-order valence-electron chi connectivity index (χ1n) is 7.48. The van der Waals surface area contributed by atoms with Crippen LogP contribution in [0, 0.1) is 5.82 Å². The highest BCUT2D eigenvalue weighted by Gasteiger charge is 2.08. The van der Waals surface area contributed by atoms with E-state index < -0.39 is 11.8 Å². The maximum absolute atomic E-state index is 12.8. The van der Waals surface area contributed by atoms with Crippen molar-refractivity contribution < 1.29 is 13.9 Å². The molecule has 0 amide bonds. The summed E-state index contributed by atoms with van der Waals surface area (Å²) in [7, 11) is 0. The third kappa shape index (κ3) is 4.01. The van der Waals surface area contributed by atoms with E-state index in [0.29, 0.717) is 24.4 Å². The molecule has 0 spiro atoms. The number of aromatic nitrogens is 4. The van der Waals surface area contributed by atoms with Gasteiger partial charge >= 0.3 is 5.97 Å². The van der Waals surface area contributed by atoms with Crippen LogP contribution in [-0.2, 0) is 11.3 Å². The van der Waals surface area contributed by atoms with E-state index in [1.165, 1.54) is 29.1 Å². The summed E-state index contributed by atoms with van der Waals surface area (Å²) >= 11 is 0. The van der Waals surface area contributed by atoms with Gasteiger partial charge in [-0.15, -0.1) is 10.2 Å². The van der Waals surface area contributed by atoms with E-state index in [1.54, 1.807) is 0 Å². The van der Waals surface area contributed by atoms with Gasteiger partial charge in [-0.25, -0.2) is 9.18 Å². The van der Waals surface area contributed by atoms with Crippen LogP contribution in [0.3, 0.4) is 0 Å². The quantitative estimate of drug-likeness (QED) is 0.514. The zero-order chi connectivity index (χ0) is 16.8. The van der Waals surface area contributed by atoms with Crippen molar-refractivity contribution in [2.24, 2.45) is 0 Å². The van der Waals surface area contributed by atoms with Gasteiger partial charge in [0.25, 0.3) is 0 Å². The smallest absolute Gasteiger partial charge is 0.338 e. The van der Waals surface area contributed by atoms with Gasteiger partial charge in [0.05, 0.1) is 18.7 Å². The summed E-state index contributed by atoms with van der Waals surface area (Å²) < 4.78 is 17.9. The predicted octanol–water partition coefficient (Wildman–Crippen LogP) is 2.73. The monoisotopic (exact) mass is 326 g/mol. The van der Waals surface area contributed by atoms with Gasteiger partial charge in [0.1, 0.15) is 5.82 Å². The first kappa shape index (κ1) is 15.8. The fraction of sp³-hybridized carbons (Fsp3) is 0.176. The Morgan fingerprint density at radius 3 is 2.58 bits per heavy atom. The number of hydrogen-bond donors (Lipinski definition) is 0. The average Bonchev–Trinajstić information content (AvgIpc) is 3.09. The summed E-state index contributed by atoms with van der Waals surface area (Å²) in [6.07, 6.45) is 0.553. The Morgan fingerprint density at radius 1 is 1.08 bits per heavy atom. The number of esters is 1. The van der Waals surface area contributed by atoms with Crippen molar-refractivity contribution in [3.05, 3.63) is 66.0 Å². The van der Waals surface area contributed by atoms with Crippen molar-refractivity contribution in [3.63, 3.8) is 0 Å². The summed E-state index contributed by atoms with van der Waals surface area (Å²) in [5.74, 6) is -0.316. The Hall–Kier alpha value is -3.09. The van der Waals surface area contributed by atoms with Crippen LogP contribution in [0.25, 0.3) is 11.4 Å². The zero-order valence-corrected chi connectivity index (χ0v) is 12.8.